The molecule has 1 heterocycles. The second-order valence-corrected chi connectivity index (χ2v) is 8.41. The van der Waals surface area contributed by atoms with Crippen LogP contribution < -0.4 is 0 Å². The van der Waals surface area contributed by atoms with Crippen molar-refractivity contribution < 1.29 is 9.59 Å². The molecule has 0 aromatic heterocycles. The molecule has 0 spiro atoms. The number of Topliss-reactive ketones (excluding diaryl/α,β-unsaturated/α-hetero) is 2. The van der Waals surface area contributed by atoms with E-state index in [9.17, 15) is 9.59 Å². The maximum absolute atomic E-state index is 13.0. The van der Waals surface area contributed by atoms with Crippen LogP contribution >= 0.6 is 0 Å². The van der Waals surface area contributed by atoms with Crippen molar-refractivity contribution in [1.82, 2.24) is 4.90 Å². The molecule has 3 aromatic carbocycles. The summed E-state index contributed by atoms with van der Waals surface area (Å²) in [5, 5.41) is 0. The largest absolute Gasteiger partial charge is 0.294 e. The SMILES string of the molecule is C[C@H](c1ccccc1)N1[C@@H](CC(=O)c2ccccc2)CC[C@H]1CC(=O)c1ccccc1. The first-order chi connectivity index (χ1) is 15.1. The number of nitrogens with zero attached hydrogens (tertiary/aromatic N) is 1. The topological polar surface area (TPSA) is 37.4 Å². The standard InChI is InChI=1S/C28H29NO2/c1-21(22-11-5-2-6-12-22)29-25(19-27(30)23-13-7-3-8-14-23)17-18-26(29)20-28(31)24-15-9-4-10-16-24/h2-16,21,25-26H,17-20H2,1H3/t21-,25-,26+/m1/s1. The predicted octanol–water partition coefficient (Wildman–Crippen LogP) is 6.13. The quantitative estimate of drug-likeness (QED) is 0.419. The first-order valence-electron chi connectivity index (χ1n) is 11.1. The average molecular weight is 412 g/mol. The normalized spacial score (nSPS) is 19.8. The Balaban J connectivity index is 1.56. The highest BCUT2D eigenvalue weighted by Gasteiger charge is 2.38. The summed E-state index contributed by atoms with van der Waals surface area (Å²) in [4.78, 5) is 28.4. The van der Waals surface area contributed by atoms with E-state index in [1.54, 1.807) is 0 Å². The Kier molecular flexibility index (Phi) is 6.73. The summed E-state index contributed by atoms with van der Waals surface area (Å²) in [6, 6.07) is 29.9. The van der Waals surface area contributed by atoms with Gasteiger partial charge in [-0.25, -0.2) is 0 Å². The minimum Gasteiger partial charge on any atom is -0.294 e. The zero-order valence-corrected chi connectivity index (χ0v) is 18.0. The minimum absolute atomic E-state index is 0.136. The van der Waals surface area contributed by atoms with Gasteiger partial charge < -0.3 is 0 Å². The molecule has 31 heavy (non-hydrogen) atoms. The van der Waals surface area contributed by atoms with Gasteiger partial charge in [0.05, 0.1) is 0 Å². The van der Waals surface area contributed by atoms with Crippen LogP contribution in [-0.2, 0) is 0 Å². The highest BCUT2D eigenvalue weighted by Crippen LogP contribution is 2.37. The lowest BCUT2D eigenvalue weighted by molar-refractivity contribution is 0.0815. The number of benzene rings is 3. The van der Waals surface area contributed by atoms with E-state index in [1.807, 2.05) is 66.7 Å². The number of hydrogen-bond acceptors (Lipinski definition) is 3. The maximum atomic E-state index is 13.0. The van der Waals surface area contributed by atoms with Crippen molar-refractivity contribution >= 4 is 11.6 Å². The summed E-state index contributed by atoms with van der Waals surface area (Å²) < 4.78 is 0. The maximum Gasteiger partial charge on any atom is 0.164 e. The van der Waals surface area contributed by atoms with Crippen molar-refractivity contribution in [3.63, 3.8) is 0 Å². The summed E-state index contributed by atoms with van der Waals surface area (Å²) in [5.41, 5.74) is 2.75. The lowest BCUT2D eigenvalue weighted by Crippen LogP contribution is -2.40. The van der Waals surface area contributed by atoms with E-state index in [4.69, 9.17) is 0 Å². The van der Waals surface area contributed by atoms with Crippen LogP contribution in [0.15, 0.2) is 91.0 Å². The van der Waals surface area contributed by atoms with Crippen LogP contribution in [0, 0.1) is 0 Å². The Morgan fingerprint density at radius 3 is 1.52 bits per heavy atom. The second-order valence-electron chi connectivity index (χ2n) is 8.41. The molecule has 3 heteroatoms. The van der Waals surface area contributed by atoms with E-state index in [-0.39, 0.29) is 29.7 Å². The number of carbonyl (C=O) groups is 2. The molecular weight excluding hydrogens is 382 g/mol. The monoisotopic (exact) mass is 411 g/mol. The van der Waals surface area contributed by atoms with Gasteiger partial charge in [0.2, 0.25) is 0 Å². The van der Waals surface area contributed by atoms with Gasteiger partial charge in [-0.2, -0.15) is 0 Å². The number of rotatable bonds is 8. The first-order valence-corrected chi connectivity index (χ1v) is 11.1. The third-order valence-corrected chi connectivity index (χ3v) is 6.44. The van der Waals surface area contributed by atoms with Gasteiger partial charge in [-0.3, -0.25) is 14.5 Å². The molecule has 0 saturated carbocycles. The van der Waals surface area contributed by atoms with Gasteiger partial charge in [0, 0.05) is 42.1 Å². The Bertz CT molecular complexity index is 939. The fourth-order valence-electron chi connectivity index (χ4n) is 4.84. The minimum atomic E-state index is 0.136. The van der Waals surface area contributed by atoms with E-state index in [1.165, 1.54) is 5.56 Å². The van der Waals surface area contributed by atoms with E-state index in [2.05, 4.69) is 36.1 Å². The summed E-state index contributed by atoms with van der Waals surface area (Å²) >= 11 is 0. The molecule has 1 aliphatic heterocycles. The summed E-state index contributed by atoms with van der Waals surface area (Å²) in [5.74, 6) is 0.344. The van der Waals surface area contributed by atoms with E-state index >= 15 is 0 Å². The van der Waals surface area contributed by atoms with Crippen LogP contribution in [0.3, 0.4) is 0 Å². The predicted molar refractivity (Wildman–Crippen MR) is 124 cm³/mol. The van der Waals surface area contributed by atoms with Crippen molar-refractivity contribution in [2.24, 2.45) is 0 Å². The van der Waals surface area contributed by atoms with Gasteiger partial charge in [-0.05, 0) is 25.3 Å². The Hall–Kier alpha value is -3.04. The van der Waals surface area contributed by atoms with Crippen molar-refractivity contribution in [3.05, 3.63) is 108 Å². The third kappa shape index (κ3) is 5.00. The van der Waals surface area contributed by atoms with Crippen LogP contribution in [0.5, 0.6) is 0 Å². The molecular formula is C28H29NO2. The van der Waals surface area contributed by atoms with Crippen LogP contribution in [0.2, 0.25) is 0 Å². The van der Waals surface area contributed by atoms with Crippen LogP contribution in [0.25, 0.3) is 0 Å². The highest BCUT2D eigenvalue weighted by atomic mass is 16.1. The van der Waals surface area contributed by atoms with Crippen molar-refractivity contribution in [3.8, 4) is 0 Å². The fourth-order valence-corrected chi connectivity index (χ4v) is 4.84. The van der Waals surface area contributed by atoms with E-state index in [0.29, 0.717) is 12.8 Å². The van der Waals surface area contributed by atoms with Gasteiger partial charge in [-0.1, -0.05) is 91.0 Å². The molecule has 0 bridgehead atoms. The van der Waals surface area contributed by atoms with Crippen molar-refractivity contribution in [2.75, 3.05) is 0 Å². The van der Waals surface area contributed by atoms with Gasteiger partial charge in [-0.15, -0.1) is 0 Å². The van der Waals surface area contributed by atoms with Gasteiger partial charge in [0.15, 0.2) is 11.6 Å². The van der Waals surface area contributed by atoms with Crippen LogP contribution in [0.4, 0.5) is 0 Å². The average Bonchev–Trinajstić information content (AvgIpc) is 3.21. The fraction of sp³-hybridized carbons (Fsp3) is 0.286. The van der Waals surface area contributed by atoms with Crippen molar-refractivity contribution in [1.29, 1.82) is 0 Å². The molecule has 0 N–H and O–H groups in total. The molecule has 158 valence electrons. The summed E-state index contributed by atoms with van der Waals surface area (Å²) in [6.45, 7) is 2.20. The molecule has 0 unspecified atom stereocenters. The molecule has 1 fully saturated rings. The van der Waals surface area contributed by atoms with E-state index < -0.39 is 0 Å². The number of carbonyl (C=O) groups excluding carboxylic acids is 2. The van der Waals surface area contributed by atoms with Gasteiger partial charge >= 0.3 is 0 Å². The first kappa shape index (κ1) is 21.2. The molecule has 0 amide bonds. The molecule has 3 atom stereocenters. The second kappa shape index (κ2) is 9.84. The molecule has 0 aliphatic carbocycles. The van der Waals surface area contributed by atoms with Gasteiger partial charge in [0.1, 0.15) is 0 Å². The van der Waals surface area contributed by atoms with Crippen LogP contribution in [0.1, 0.15) is 64.9 Å². The zero-order chi connectivity index (χ0) is 21.6. The summed E-state index contributed by atoms with van der Waals surface area (Å²) in [7, 11) is 0. The smallest absolute Gasteiger partial charge is 0.164 e. The lowest BCUT2D eigenvalue weighted by atomic mass is 9.99. The summed E-state index contributed by atoms with van der Waals surface area (Å²) in [6.07, 6.45) is 2.83. The van der Waals surface area contributed by atoms with Crippen molar-refractivity contribution in [2.45, 2.75) is 50.7 Å². The number of ketones is 2. The molecule has 3 aromatic rings. The Morgan fingerprint density at radius 2 is 1.10 bits per heavy atom. The molecule has 4 rings (SSSR count). The number of likely N-dealkylation sites (tertiary alicyclic amines) is 1. The molecule has 3 nitrogen and oxygen atoms in total. The Labute approximate surface area is 184 Å². The lowest BCUT2D eigenvalue weighted by Gasteiger charge is -2.35. The van der Waals surface area contributed by atoms with Crippen LogP contribution in [-0.4, -0.2) is 28.6 Å². The van der Waals surface area contributed by atoms with E-state index in [0.717, 1.165) is 24.0 Å². The number of hydrogen-bond donors (Lipinski definition) is 0. The van der Waals surface area contributed by atoms with Gasteiger partial charge in [0.25, 0.3) is 0 Å². The highest BCUT2D eigenvalue weighted by molar-refractivity contribution is 5.97. The molecule has 0 radical (unpaired) electrons. The zero-order valence-electron chi connectivity index (χ0n) is 18.0. The molecule has 1 aliphatic rings. The Morgan fingerprint density at radius 1 is 0.710 bits per heavy atom. The third-order valence-electron chi connectivity index (χ3n) is 6.44. The molecule has 1 saturated heterocycles.